The van der Waals surface area contributed by atoms with Crippen molar-refractivity contribution in [3.8, 4) is 0 Å². The van der Waals surface area contributed by atoms with Crippen LogP contribution in [0, 0.1) is 6.92 Å². The lowest BCUT2D eigenvalue weighted by molar-refractivity contribution is -0.118. The zero-order valence-electron chi connectivity index (χ0n) is 11.3. The lowest BCUT2D eigenvalue weighted by atomic mass is 10.1. The molecule has 1 heterocycles. The highest BCUT2D eigenvalue weighted by Crippen LogP contribution is 2.32. The van der Waals surface area contributed by atoms with E-state index in [1.165, 1.54) is 5.56 Å². The third-order valence-corrected chi connectivity index (χ3v) is 3.66. The van der Waals surface area contributed by atoms with Crippen molar-refractivity contribution >= 4 is 17.3 Å². The van der Waals surface area contributed by atoms with Crippen molar-refractivity contribution < 1.29 is 4.79 Å². The van der Waals surface area contributed by atoms with Gasteiger partial charge >= 0.3 is 0 Å². The maximum Gasteiger partial charge on any atom is 0.226 e. The third kappa shape index (κ3) is 2.50. The molecule has 98 valence electrons. The molecule has 1 amide bonds. The van der Waals surface area contributed by atoms with Crippen LogP contribution in [0.15, 0.2) is 12.1 Å². The fraction of sp³-hybridized carbons (Fsp3) is 0.533. The van der Waals surface area contributed by atoms with E-state index in [0.717, 1.165) is 49.2 Å². The van der Waals surface area contributed by atoms with E-state index in [2.05, 4.69) is 13.0 Å². The summed E-state index contributed by atoms with van der Waals surface area (Å²) in [4.78, 5) is 14.1. The Hall–Kier alpha value is -1.51. The van der Waals surface area contributed by atoms with Crippen LogP contribution in [0.2, 0.25) is 0 Å². The van der Waals surface area contributed by atoms with Gasteiger partial charge in [0.15, 0.2) is 0 Å². The van der Waals surface area contributed by atoms with E-state index in [1.807, 2.05) is 17.9 Å². The molecule has 3 heteroatoms. The van der Waals surface area contributed by atoms with Gasteiger partial charge in [-0.15, -0.1) is 0 Å². The number of hydrogen-bond acceptors (Lipinski definition) is 2. The van der Waals surface area contributed by atoms with Crippen molar-refractivity contribution in [2.75, 3.05) is 17.2 Å². The van der Waals surface area contributed by atoms with Gasteiger partial charge in [0.05, 0.1) is 0 Å². The molecule has 1 aromatic rings. The highest BCUT2D eigenvalue weighted by Gasteiger charge is 2.24. The van der Waals surface area contributed by atoms with Crippen molar-refractivity contribution in [1.29, 1.82) is 0 Å². The minimum atomic E-state index is 0.241. The topological polar surface area (TPSA) is 46.3 Å². The molecule has 0 saturated carbocycles. The van der Waals surface area contributed by atoms with Crippen LogP contribution in [-0.2, 0) is 11.2 Å². The minimum absolute atomic E-state index is 0.241. The van der Waals surface area contributed by atoms with Gasteiger partial charge in [-0.3, -0.25) is 4.79 Å². The van der Waals surface area contributed by atoms with Crippen LogP contribution >= 0.6 is 0 Å². The zero-order chi connectivity index (χ0) is 13.1. The molecule has 18 heavy (non-hydrogen) atoms. The summed E-state index contributed by atoms with van der Waals surface area (Å²) in [7, 11) is 0. The standard InChI is InChI=1S/C15H22N2O/c1-3-4-5-6-15(18)17-8-7-12-9-11(2)13(16)10-14(12)17/h9-10H,3-8,16H2,1-2H3. The number of anilines is 2. The summed E-state index contributed by atoms with van der Waals surface area (Å²) in [5.74, 6) is 0.241. The Kier molecular flexibility index (Phi) is 3.90. The van der Waals surface area contributed by atoms with Crippen LogP contribution in [0.25, 0.3) is 0 Å². The Balaban J connectivity index is 2.11. The van der Waals surface area contributed by atoms with Crippen LogP contribution in [-0.4, -0.2) is 12.5 Å². The maximum atomic E-state index is 12.2. The Labute approximate surface area is 109 Å². The summed E-state index contributed by atoms with van der Waals surface area (Å²) >= 11 is 0. The molecule has 1 aliphatic rings. The number of unbranched alkanes of at least 4 members (excludes halogenated alkanes) is 2. The average Bonchev–Trinajstić information content (AvgIpc) is 2.73. The second kappa shape index (κ2) is 5.42. The first-order valence-corrected chi connectivity index (χ1v) is 6.83. The number of amides is 1. The van der Waals surface area contributed by atoms with E-state index in [-0.39, 0.29) is 5.91 Å². The molecule has 2 rings (SSSR count). The fourth-order valence-corrected chi connectivity index (χ4v) is 2.50. The summed E-state index contributed by atoms with van der Waals surface area (Å²) in [6.45, 7) is 4.98. The van der Waals surface area contributed by atoms with Gasteiger partial charge in [-0.2, -0.15) is 0 Å². The lowest BCUT2D eigenvalue weighted by Crippen LogP contribution is -2.28. The number of benzene rings is 1. The first-order valence-electron chi connectivity index (χ1n) is 6.83. The smallest absolute Gasteiger partial charge is 0.226 e. The molecule has 0 radical (unpaired) electrons. The molecular formula is C15H22N2O. The Morgan fingerprint density at radius 1 is 1.39 bits per heavy atom. The highest BCUT2D eigenvalue weighted by molar-refractivity contribution is 5.96. The summed E-state index contributed by atoms with van der Waals surface area (Å²) in [6.07, 6.45) is 4.87. The first-order chi connectivity index (χ1) is 8.63. The Morgan fingerprint density at radius 2 is 2.17 bits per heavy atom. The predicted molar refractivity (Wildman–Crippen MR) is 75.8 cm³/mol. The van der Waals surface area contributed by atoms with Crippen LogP contribution in [0.4, 0.5) is 11.4 Å². The van der Waals surface area contributed by atoms with Gasteiger partial charge in [-0.25, -0.2) is 0 Å². The van der Waals surface area contributed by atoms with E-state index in [0.29, 0.717) is 6.42 Å². The van der Waals surface area contributed by atoms with Gasteiger partial charge in [0.2, 0.25) is 5.91 Å². The molecule has 0 spiro atoms. The molecule has 0 aliphatic carbocycles. The van der Waals surface area contributed by atoms with Crippen LogP contribution in [0.5, 0.6) is 0 Å². The van der Waals surface area contributed by atoms with Crippen molar-refractivity contribution in [2.24, 2.45) is 0 Å². The largest absolute Gasteiger partial charge is 0.398 e. The number of rotatable bonds is 4. The number of carbonyl (C=O) groups is 1. The number of nitrogen functional groups attached to an aromatic ring is 1. The normalized spacial score (nSPS) is 13.8. The summed E-state index contributed by atoms with van der Waals surface area (Å²) in [5, 5.41) is 0. The molecule has 1 aliphatic heterocycles. The second-order valence-electron chi connectivity index (χ2n) is 5.09. The molecule has 3 nitrogen and oxygen atoms in total. The van der Waals surface area contributed by atoms with Gasteiger partial charge in [0.25, 0.3) is 0 Å². The molecule has 0 saturated heterocycles. The average molecular weight is 246 g/mol. The van der Waals surface area contributed by atoms with Gasteiger partial charge < -0.3 is 10.6 Å². The summed E-state index contributed by atoms with van der Waals surface area (Å²) in [6, 6.07) is 4.07. The van der Waals surface area contributed by atoms with E-state index >= 15 is 0 Å². The number of carbonyl (C=O) groups excluding carboxylic acids is 1. The van der Waals surface area contributed by atoms with Crippen LogP contribution in [0.3, 0.4) is 0 Å². The summed E-state index contributed by atoms with van der Waals surface area (Å²) in [5.41, 5.74) is 10.1. The predicted octanol–water partition coefficient (Wildman–Crippen LogP) is 3.05. The highest BCUT2D eigenvalue weighted by atomic mass is 16.2. The minimum Gasteiger partial charge on any atom is -0.398 e. The van der Waals surface area contributed by atoms with E-state index in [4.69, 9.17) is 5.73 Å². The van der Waals surface area contributed by atoms with Gasteiger partial charge in [-0.05, 0) is 37.0 Å². The SMILES string of the molecule is CCCCCC(=O)N1CCc2cc(C)c(N)cc21. The molecule has 0 aromatic heterocycles. The molecule has 0 unspecified atom stereocenters. The maximum absolute atomic E-state index is 12.2. The van der Waals surface area contributed by atoms with Crippen molar-refractivity contribution in [3.63, 3.8) is 0 Å². The molecule has 2 N–H and O–H groups in total. The number of fused-ring (bicyclic) bond motifs is 1. The Bertz CT molecular complexity index is 454. The monoisotopic (exact) mass is 246 g/mol. The van der Waals surface area contributed by atoms with Crippen molar-refractivity contribution in [1.82, 2.24) is 0 Å². The lowest BCUT2D eigenvalue weighted by Gasteiger charge is -2.18. The zero-order valence-corrected chi connectivity index (χ0v) is 11.3. The first kappa shape index (κ1) is 12.9. The molecule has 0 fully saturated rings. The molecule has 1 aromatic carbocycles. The number of hydrogen-bond donors (Lipinski definition) is 1. The third-order valence-electron chi connectivity index (χ3n) is 3.66. The van der Waals surface area contributed by atoms with E-state index < -0.39 is 0 Å². The van der Waals surface area contributed by atoms with E-state index in [1.54, 1.807) is 0 Å². The Morgan fingerprint density at radius 3 is 2.89 bits per heavy atom. The number of aryl methyl sites for hydroxylation is 1. The fourth-order valence-electron chi connectivity index (χ4n) is 2.50. The number of nitrogens with zero attached hydrogens (tertiary/aromatic N) is 1. The quantitative estimate of drug-likeness (QED) is 0.655. The van der Waals surface area contributed by atoms with Gasteiger partial charge in [0.1, 0.15) is 0 Å². The molecule has 0 atom stereocenters. The second-order valence-corrected chi connectivity index (χ2v) is 5.09. The summed E-state index contributed by atoms with van der Waals surface area (Å²) < 4.78 is 0. The molecular weight excluding hydrogens is 224 g/mol. The van der Waals surface area contributed by atoms with Crippen LogP contribution in [0.1, 0.15) is 43.7 Å². The molecule has 0 bridgehead atoms. The van der Waals surface area contributed by atoms with E-state index in [9.17, 15) is 4.79 Å². The van der Waals surface area contributed by atoms with Crippen LogP contribution < -0.4 is 10.6 Å². The van der Waals surface area contributed by atoms with Crippen molar-refractivity contribution in [3.05, 3.63) is 23.3 Å². The van der Waals surface area contributed by atoms with Gasteiger partial charge in [-0.1, -0.05) is 25.8 Å². The van der Waals surface area contributed by atoms with Gasteiger partial charge in [0, 0.05) is 24.3 Å². The number of nitrogens with two attached hydrogens (primary N) is 1. The van der Waals surface area contributed by atoms with Crippen molar-refractivity contribution in [2.45, 2.75) is 46.0 Å².